The molecule has 2 aromatic heterocycles. The van der Waals surface area contributed by atoms with Gasteiger partial charge >= 0.3 is 0 Å². The summed E-state index contributed by atoms with van der Waals surface area (Å²) in [5.41, 5.74) is 7.55. The number of hydrogen-bond donors (Lipinski definition) is 2. The SMILES string of the molecule is CNC(=O)c1sc2nc(C3CCCCN3C(=O)CC3CCCC3)ccc2c1N. The van der Waals surface area contributed by atoms with Crippen LogP contribution < -0.4 is 11.1 Å². The summed E-state index contributed by atoms with van der Waals surface area (Å²) in [7, 11) is 1.60. The molecule has 0 aromatic carbocycles. The Hall–Kier alpha value is -2.15. The Morgan fingerprint density at radius 3 is 2.71 bits per heavy atom. The maximum atomic E-state index is 13.0. The highest BCUT2D eigenvalue weighted by Crippen LogP contribution is 2.37. The number of nitrogens with two attached hydrogens (primary N) is 1. The van der Waals surface area contributed by atoms with Crippen molar-refractivity contribution in [1.29, 1.82) is 0 Å². The van der Waals surface area contributed by atoms with Crippen molar-refractivity contribution in [2.24, 2.45) is 5.92 Å². The number of nitrogen functional groups attached to an aromatic ring is 1. The monoisotopic (exact) mass is 400 g/mol. The van der Waals surface area contributed by atoms with Gasteiger partial charge in [0.25, 0.3) is 5.91 Å². The zero-order valence-electron chi connectivity index (χ0n) is 16.4. The highest BCUT2D eigenvalue weighted by Gasteiger charge is 2.31. The molecule has 1 aliphatic heterocycles. The molecule has 3 N–H and O–H groups in total. The van der Waals surface area contributed by atoms with Gasteiger partial charge in [-0.1, -0.05) is 12.8 Å². The van der Waals surface area contributed by atoms with Gasteiger partial charge in [0, 0.05) is 25.4 Å². The Morgan fingerprint density at radius 1 is 1.21 bits per heavy atom. The lowest BCUT2D eigenvalue weighted by atomic mass is 9.96. The van der Waals surface area contributed by atoms with E-state index in [4.69, 9.17) is 10.7 Å². The average Bonchev–Trinajstić information content (AvgIpc) is 3.35. The first-order chi connectivity index (χ1) is 13.6. The average molecular weight is 401 g/mol. The largest absolute Gasteiger partial charge is 0.397 e. The Balaban J connectivity index is 1.60. The van der Waals surface area contributed by atoms with Crippen LogP contribution in [0.3, 0.4) is 0 Å². The van der Waals surface area contributed by atoms with Gasteiger partial charge in [0.2, 0.25) is 5.91 Å². The second-order valence-corrected chi connectivity index (χ2v) is 8.97. The highest BCUT2D eigenvalue weighted by atomic mass is 32.1. The van der Waals surface area contributed by atoms with E-state index in [1.807, 2.05) is 17.0 Å². The number of thiophene rings is 1. The number of nitrogens with zero attached hydrogens (tertiary/aromatic N) is 2. The second kappa shape index (κ2) is 8.07. The summed E-state index contributed by atoms with van der Waals surface area (Å²) < 4.78 is 0. The predicted octanol–water partition coefficient (Wildman–Crippen LogP) is 3.87. The van der Waals surface area contributed by atoms with E-state index in [0.717, 1.165) is 41.7 Å². The topological polar surface area (TPSA) is 88.3 Å². The van der Waals surface area contributed by atoms with E-state index in [1.165, 1.54) is 37.0 Å². The molecule has 2 fully saturated rings. The highest BCUT2D eigenvalue weighted by molar-refractivity contribution is 7.21. The summed E-state index contributed by atoms with van der Waals surface area (Å²) in [5.74, 6) is 0.640. The number of piperidine rings is 1. The number of rotatable bonds is 4. The van der Waals surface area contributed by atoms with Crippen molar-refractivity contribution < 1.29 is 9.59 Å². The molecule has 2 aliphatic rings. The van der Waals surface area contributed by atoms with Crippen LogP contribution in [-0.2, 0) is 4.79 Å². The number of pyridine rings is 1. The Kier molecular flexibility index (Phi) is 5.53. The minimum Gasteiger partial charge on any atom is -0.397 e. The van der Waals surface area contributed by atoms with Crippen molar-refractivity contribution >= 4 is 39.1 Å². The molecule has 0 bridgehead atoms. The molecule has 150 valence electrons. The number of fused-ring (bicyclic) bond motifs is 1. The molecule has 1 saturated carbocycles. The first kappa shape index (κ1) is 19.2. The number of hydrogen-bond acceptors (Lipinski definition) is 5. The van der Waals surface area contributed by atoms with Gasteiger partial charge in [-0.15, -0.1) is 11.3 Å². The van der Waals surface area contributed by atoms with Crippen molar-refractivity contribution in [2.75, 3.05) is 19.3 Å². The summed E-state index contributed by atoms with van der Waals surface area (Å²) in [4.78, 5) is 33.2. The van der Waals surface area contributed by atoms with Gasteiger partial charge < -0.3 is 16.0 Å². The number of likely N-dealkylation sites (tertiary alicyclic amines) is 1. The van der Waals surface area contributed by atoms with Crippen LogP contribution in [0.1, 0.15) is 72.8 Å². The molecule has 0 radical (unpaired) electrons. The van der Waals surface area contributed by atoms with Crippen LogP contribution in [-0.4, -0.2) is 35.3 Å². The van der Waals surface area contributed by atoms with Crippen molar-refractivity contribution in [3.63, 3.8) is 0 Å². The quantitative estimate of drug-likeness (QED) is 0.815. The van der Waals surface area contributed by atoms with E-state index in [1.54, 1.807) is 7.05 Å². The van der Waals surface area contributed by atoms with Crippen LogP contribution in [0.2, 0.25) is 0 Å². The van der Waals surface area contributed by atoms with Crippen LogP contribution in [0.4, 0.5) is 5.69 Å². The van der Waals surface area contributed by atoms with E-state index >= 15 is 0 Å². The standard InChI is InChI=1S/C21H28N4O2S/c1-23-20(27)19-18(22)14-9-10-15(24-21(14)28-19)16-8-4-5-11-25(16)17(26)12-13-6-2-3-7-13/h9-10,13,16H,2-8,11-12,22H2,1H3,(H,23,27). The maximum absolute atomic E-state index is 13.0. The van der Waals surface area contributed by atoms with Crippen LogP contribution in [0.15, 0.2) is 12.1 Å². The Labute approximate surface area is 169 Å². The summed E-state index contributed by atoms with van der Waals surface area (Å²) >= 11 is 1.32. The van der Waals surface area contributed by atoms with Crippen LogP contribution in [0.5, 0.6) is 0 Å². The van der Waals surface area contributed by atoms with E-state index in [-0.39, 0.29) is 17.9 Å². The normalized spacial score (nSPS) is 20.6. The van der Waals surface area contributed by atoms with Crippen LogP contribution in [0.25, 0.3) is 10.2 Å². The molecule has 4 rings (SSSR count). The molecule has 6 nitrogen and oxygen atoms in total. The van der Waals surface area contributed by atoms with Crippen molar-refractivity contribution in [2.45, 2.75) is 57.4 Å². The molecular formula is C21H28N4O2S. The second-order valence-electron chi connectivity index (χ2n) is 7.97. The fourth-order valence-electron chi connectivity index (χ4n) is 4.60. The molecular weight excluding hydrogens is 372 g/mol. The van der Waals surface area contributed by atoms with Gasteiger partial charge in [0.15, 0.2) is 0 Å². The molecule has 7 heteroatoms. The van der Waals surface area contributed by atoms with Gasteiger partial charge in [-0.2, -0.15) is 0 Å². The fraction of sp³-hybridized carbons (Fsp3) is 0.571. The van der Waals surface area contributed by atoms with Gasteiger partial charge in [-0.25, -0.2) is 4.98 Å². The lowest BCUT2D eigenvalue weighted by Gasteiger charge is -2.36. The third-order valence-corrected chi connectivity index (χ3v) is 7.27. The van der Waals surface area contributed by atoms with Crippen molar-refractivity contribution in [3.8, 4) is 0 Å². The molecule has 3 heterocycles. The predicted molar refractivity (Wildman–Crippen MR) is 112 cm³/mol. The summed E-state index contributed by atoms with van der Waals surface area (Å²) in [5, 5.41) is 3.44. The molecule has 1 atom stereocenters. The van der Waals surface area contributed by atoms with E-state index < -0.39 is 0 Å². The minimum absolute atomic E-state index is 0.0267. The van der Waals surface area contributed by atoms with Crippen LogP contribution >= 0.6 is 11.3 Å². The maximum Gasteiger partial charge on any atom is 0.263 e. The van der Waals surface area contributed by atoms with Crippen molar-refractivity contribution in [3.05, 3.63) is 22.7 Å². The molecule has 2 aromatic rings. The molecule has 28 heavy (non-hydrogen) atoms. The zero-order valence-corrected chi connectivity index (χ0v) is 17.2. The summed E-state index contributed by atoms with van der Waals surface area (Å²) in [6, 6.07) is 3.95. The van der Waals surface area contributed by atoms with Gasteiger partial charge in [0.05, 0.1) is 17.4 Å². The summed E-state index contributed by atoms with van der Waals surface area (Å²) in [6.45, 7) is 0.812. The summed E-state index contributed by atoms with van der Waals surface area (Å²) in [6.07, 6.45) is 8.66. The zero-order chi connectivity index (χ0) is 19.7. The number of aromatic nitrogens is 1. The van der Waals surface area contributed by atoms with Gasteiger partial charge in [0.1, 0.15) is 9.71 Å². The Bertz CT molecular complexity index is 888. The first-order valence-electron chi connectivity index (χ1n) is 10.3. The number of anilines is 1. The molecule has 1 saturated heterocycles. The molecule has 1 unspecified atom stereocenters. The molecule has 1 aliphatic carbocycles. The number of carbonyl (C=O) groups is 2. The third-order valence-electron chi connectivity index (χ3n) is 6.15. The van der Waals surface area contributed by atoms with Crippen LogP contribution in [0, 0.1) is 5.92 Å². The molecule has 2 amide bonds. The van der Waals surface area contributed by atoms with E-state index in [9.17, 15) is 9.59 Å². The number of nitrogens with one attached hydrogen (secondary N) is 1. The minimum atomic E-state index is -0.187. The van der Waals surface area contributed by atoms with Gasteiger partial charge in [-0.3, -0.25) is 9.59 Å². The van der Waals surface area contributed by atoms with Crippen molar-refractivity contribution in [1.82, 2.24) is 15.2 Å². The fourth-order valence-corrected chi connectivity index (χ4v) is 5.64. The smallest absolute Gasteiger partial charge is 0.263 e. The molecule has 0 spiro atoms. The first-order valence-corrected chi connectivity index (χ1v) is 11.1. The lowest BCUT2D eigenvalue weighted by molar-refractivity contribution is -0.136. The Morgan fingerprint density at radius 2 is 1.96 bits per heavy atom. The van der Waals surface area contributed by atoms with E-state index in [2.05, 4.69) is 5.32 Å². The van der Waals surface area contributed by atoms with Gasteiger partial charge in [-0.05, 0) is 50.2 Å². The number of amides is 2. The number of carbonyl (C=O) groups excluding carboxylic acids is 2. The van der Waals surface area contributed by atoms with E-state index in [0.29, 0.717) is 22.9 Å². The lowest BCUT2D eigenvalue weighted by Crippen LogP contribution is -2.39. The third kappa shape index (κ3) is 3.60.